The van der Waals surface area contributed by atoms with E-state index in [2.05, 4.69) is 48.5 Å². The summed E-state index contributed by atoms with van der Waals surface area (Å²) in [5.41, 5.74) is 4.38. The highest BCUT2D eigenvalue weighted by molar-refractivity contribution is 5.78. The maximum atomic E-state index is 6.02. The minimum atomic E-state index is 0.00973. The lowest BCUT2D eigenvalue weighted by atomic mass is 10.1. The molecule has 0 radical (unpaired) electrons. The fourth-order valence-electron chi connectivity index (χ4n) is 2.75. The predicted octanol–water partition coefficient (Wildman–Crippen LogP) is 3.35. The summed E-state index contributed by atoms with van der Waals surface area (Å²) in [6.07, 6.45) is 0.934. The molecule has 3 aromatic rings. The fraction of sp³-hybridized carbons (Fsp3) is 0.353. The molecule has 0 spiro atoms. The first-order valence-electron chi connectivity index (χ1n) is 7.32. The van der Waals surface area contributed by atoms with E-state index in [1.54, 1.807) is 0 Å². The van der Waals surface area contributed by atoms with E-state index < -0.39 is 0 Å². The number of aromatic nitrogens is 2. The molecule has 2 aromatic heterocycles. The first kappa shape index (κ1) is 13.9. The number of furan rings is 1. The van der Waals surface area contributed by atoms with Gasteiger partial charge in [0.25, 0.3) is 0 Å². The van der Waals surface area contributed by atoms with Gasteiger partial charge in [0.05, 0.1) is 11.4 Å². The summed E-state index contributed by atoms with van der Waals surface area (Å²) in [4.78, 5) is 0. The van der Waals surface area contributed by atoms with Crippen molar-refractivity contribution in [2.45, 2.75) is 26.3 Å². The molecule has 3 rings (SSSR count). The van der Waals surface area contributed by atoms with E-state index in [9.17, 15) is 0 Å². The SMILES string of the molecule is CCc1cc(C(NC)c2cc3cc(C)ccc3o2)n(C)n1. The van der Waals surface area contributed by atoms with Crippen molar-refractivity contribution in [3.8, 4) is 0 Å². The third kappa shape index (κ3) is 2.47. The van der Waals surface area contributed by atoms with Gasteiger partial charge in [0, 0.05) is 12.4 Å². The van der Waals surface area contributed by atoms with Crippen LogP contribution in [0.2, 0.25) is 0 Å². The Balaban J connectivity index is 2.06. The van der Waals surface area contributed by atoms with Crippen LogP contribution in [-0.4, -0.2) is 16.8 Å². The van der Waals surface area contributed by atoms with Crippen LogP contribution in [0.4, 0.5) is 0 Å². The average Bonchev–Trinajstić information content (AvgIpc) is 3.03. The van der Waals surface area contributed by atoms with E-state index in [-0.39, 0.29) is 6.04 Å². The van der Waals surface area contributed by atoms with Gasteiger partial charge in [-0.15, -0.1) is 0 Å². The van der Waals surface area contributed by atoms with E-state index in [0.717, 1.165) is 34.5 Å². The van der Waals surface area contributed by atoms with Gasteiger partial charge in [-0.05, 0) is 44.7 Å². The van der Waals surface area contributed by atoms with Gasteiger partial charge in [-0.2, -0.15) is 5.10 Å². The molecule has 0 aliphatic heterocycles. The minimum absolute atomic E-state index is 0.00973. The number of rotatable bonds is 4. The van der Waals surface area contributed by atoms with Crippen LogP contribution in [0.3, 0.4) is 0 Å². The number of hydrogen-bond donors (Lipinski definition) is 1. The molecule has 0 aliphatic rings. The summed E-state index contributed by atoms with van der Waals surface area (Å²) in [5.74, 6) is 0.920. The van der Waals surface area contributed by atoms with Crippen LogP contribution < -0.4 is 5.32 Å². The largest absolute Gasteiger partial charge is 0.459 e. The molecule has 1 atom stereocenters. The Hall–Kier alpha value is -2.07. The molecule has 0 amide bonds. The first-order chi connectivity index (χ1) is 10.1. The summed E-state index contributed by atoms with van der Waals surface area (Å²) >= 11 is 0. The summed E-state index contributed by atoms with van der Waals surface area (Å²) in [6, 6.07) is 10.5. The maximum Gasteiger partial charge on any atom is 0.134 e. The van der Waals surface area contributed by atoms with Gasteiger partial charge in [-0.1, -0.05) is 18.6 Å². The molecule has 0 saturated carbocycles. The highest BCUT2D eigenvalue weighted by Crippen LogP contribution is 2.28. The normalized spacial score (nSPS) is 13.0. The van der Waals surface area contributed by atoms with Gasteiger partial charge in [-0.3, -0.25) is 4.68 Å². The Kier molecular flexibility index (Phi) is 3.55. The van der Waals surface area contributed by atoms with Gasteiger partial charge in [0.1, 0.15) is 17.4 Å². The third-order valence-corrected chi connectivity index (χ3v) is 3.89. The van der Waals surface area contributed by atoms with E-state index in [0.29, 0.717) is 0 Å². The predicted molar refractivity (Wildman–Crippen MR) is 84.4 cm³/mol. The smallest absolute Gasteiger partial charge is 0.134 e. The molecule has 0 bridgehead atoms. The number of nitrogens with one attached hydrogen (secondary N) is 1. The molecule has 1 unspecified atom stereocenters. The van der Waals surface area contributed by atoms with Gasteiger partial charge in [-0.25, -0.2) is 0 Å². The second-order valence-corrected chi connectivity index (χ2v) is 5.45. The fourth-order valence-corrected chi connectivity index (χ4v) is 2.75. The molecule has 110 valence electrons. The molecule has 4 heteroatoms. The number of fused-ring (bicyclic) bond motifs is 1. The van der Waals surface area contributed by atoms with Crippen molar-refractivity contribution in [3.63, 3.8) is 0 Å². The van der Waals surface area contributed by atoms with E-state index in [4.69, 9.17) is 4.42 Å². The van der Waals surface area contributed by atoms with Gasteiger partial charge < -0.3 is 9.73 Å². The molecular formula is C17H21N3O. The molecule has 21 heavy (non-hydrogen) atoms. The molecule has 0 aliphatic carbocycles. The number of benzene rings is 1. The van der Waals surface area contributed by atoms with Gasteiger partial charge >= 0.3 is 0 Å². The Morgan fingerprint density at radius 3 is 2.76 bits per heavy atom. The zero-order valence-electron chi connectivity index (χ0n) is 13.0. The van der Waals surface area contributed by atoms with Crippen LogP contribution >= 0.6 is 0 Å². The van der Waals surface area contributed by atoms with Crippen molar-refractivity contribution in [1.82, 2.24) is 15.1 Å². The van der Waals surface area contributed by atoms with E-state index in [1.165, 1.54) is 5.56 Å². The lowest BCUT2D eigenvalue weighted by molar-refractivity contribution is 0.473. The van der Waals surface area contributed by atoms with Crippen LogP contribution in [0, 0.1) is 6.92 Å². The minimum Gasteiger partial charge on any atom is -0.459 e. The number of aryl methyl sites for hydroxylation is 3. The summed E-state index contributed by atoms with van der Waals surface area (Å²) in [6.45, 7) is 4.21. The molecule has 1 N–H and O–H groups in total. The highest BCUT2D eigenvalue weighted by Gasteiger charge is 2.20. The van der Waals surface area contributed by atoms with Crippen molar-refractivity contribution < 1.29 is 4.42 Å². The quantitative estimate of drug-likeness (QED) is 0.798. The van der Waals surface area contributed by atoms with Crippen LogP contribution in [0.25, 0.3) is 11.0 Å². The van der Waals surface area contributed by atoms with Crippen molar-refractivity contribution in [1.29, 1.82) is 0 Å². The zero-order chi connectivity index (χ0) is 15.0. The maximum absolute atomic E-state index is 6.02. The molecule has 0 saturated heterocycles. The Labute approximate surface area is 124 Å². The molecule has 1 aromatic carbocycles. The third-order valence-electron chi connectivity index (χ3n) is 3.89. The van der Waals surface area contributed by atoms with Crippen LogP contribution in [0.15, 0.2) is 34.7 Å². The summed E-state index contributed by atoms with van der Waals surface area (Å²) in [5, 5.41) is 9.00. The van der Waals surface area contributed by atoms with Crippen molar-refractivity contribution >= 4 is 11.0 Å². The lowest BCUT2D eigenvalue weighted by Crippen LogP contribution is -2.20. The topological polar surface area (TPSA) is 43.0 Å². The highest BCUT2D eigenvalue weighted by atomic mass is 16.3. The van der Waals surface area contributed by atoms with Crippen molar-refractivity contribution in [3.05, 3.63) is 53.0 Å². The second kappa shape index (κ2) is 5.37. The van der Waals surface area contributed by atoms with Crippen LogP contribution in [0.1, 0.15) is 35.7 Å². The average molecular weight is 283 g/mol. The summed E-state index contributed by atoms with van der Waals surface area (Å²) < 4.78 is 7.95. The first-order valence-corrected chi connectivity index (χ1v) is 7.32. The Morgan fingerprint density at radius 1 is 1.29 bits per heavy atom. The van der Waals surface area contributed by atoms with Gasteiger partial charge in [0.2, 0.25) is 0 Å². The van der Waals surface area contributed by atoms with E-state index in [1.807, 2.05) is 24.8 Å². The second-order valence-electron chi connectivity index (χ2n) is 5.45. The van der Waals surface area contributed by atoms with Gasteiger partial charge in [0.15, 0.2) is 0 Å². The number of nitrogens with zero attached hydrogens (tertiary/aromatic N) is 2. The van der Waals surface area contributed by atoms with Crippen LogP contribution in [-0.2, 0) is 13.5 Å². The van der Waals surface area contributed by atoms with E-state index >= 15 is 0 Å². The molecule has 4 nitrogen and oxygen atoms in total. The number of hydrogen-bond acceptors (Lipinski definition) is 3. The monoisotopic (exact) mass is 283 g/mol. The lowest BCUT2D eigenvalue weighted by Gasteiger charge is -2.13. The standard InChI is InChI=1S/C17H21N3O/c1-5-13-10-14(20(4)19-13)17(18-3)16-9-12-8-11(2)6-7-15(12)21-16/h6-10,17-18H,5H2,1-4H3. The van der Waals surface area contributed by atoms with Crippen LogP contribution in [0.5, 0.6) is 0 Å². The Bertz CT molecular complexity index is 770. The molecule has 2 heterocycles. The molecular weight excluding hydrogens is 262 g/mol. The van der Waals surface area contributed by atoms with Crippen molar-refractivity contribution in [2.24, 2.45) is 7.05 Å². The van der Waals surface area contributed by atoms with Crippen molar-refractivity contribution in [2.75, 3.05) is 7.05 Å². The summed E-state index contributed by atoms with van der Waals surface area (Å²) in [7, 11) is 3.92. The Morgan fingerprint density at radius 2 is 2.10 bits per heavy atom. The molecule has 0 fully saturated rings. The zero-order valence-corrected chi connectivity index (χ0v) is 13.0.